The molecule has 1 aliphatic rings. The van der Waals surface area contributed by atoms with Gasteiger partial charge in [0.15, 0.2) is 0 Å². The first-order valence-corrected chi connectivity index (χ1v) is 14.5. The topological polar surface area (TPSA) is 3.24 Å². The van der Waals surface area contributed by atoms with Crippen molar-refractivity contribution < 1.29 is 0 Å². The average molecular weight is 559 g/mol. The first-order valence-electron chi connectivity index (χ1n) is 13.7. The van der Waals surface area contributed by atoms with Gasteiger partial charge >= 0.3 is 0 Å². The van der Waals surface area contributed by atoms with Crippen molar-refractivity contribution in [2.24, 2.45) is 0 Å². The molecule has 1 saturated carbocycles. The molecule has 2 heteroatoms. The maximum absolute atomic E-state index is 3.57. The van der Waals surface area contributed by atoms with Crippen LogP contribution in [0.15, 0.2) is 132 Å². The second-order valence-corrected chi connectivity index (χ2v) is 11.1. The highest BCUT2D eigenvalue weighted by Crippen LogP contribution is 2.39. The van der Waals surface area contributed by atoms with E-state index in [-0.39, 0.29) is 0 Å². The Morgan fingerprint density at radius 2 is 1.03 bits per heavy atom. The molecule has 0 aromatic heterocycles. The number of anilines is 3. The molecule has 5 aromatic rings. The van der Waals surface area contributed by atoms with Crippen molar-refractivity contribution in [1.29, 1.82) is 0 Å². The van der Waals surface area contributed by atoms with Crippen molar-refractivity contribution in [3.05, 3.63) is 137 Å². The van der Waals surface area contributed by atoms with E-state index in [0.29, 0.717) is 5.92 Å². The third-order valence-electron chi connectivity index (χ3n) is 7.74. The molecular weight excluding hydrogens is 526 g/mol. The van der Waals surface area contributed by atoms with Gasteiger partial charge in [-0.05, 0) is 95.1 Å². The minimum Gasteiger partial charge on any atom is -0.310 e. The van der Waals surface area contributed by atoms with Crippen molar-refractivity contribution >= 4 is 33.0 Å². The van der Waals surface area contributed by atoms with Crippen LogP contribution in [0.25, 0.3) is 22.3 Å². The fourth-order valence-corrected chi connectivity index (χ4v) is 5.94. The third kappa shape index (κ3) is 5.47. The number of nitrogens with zero attached hydrogens (tertiary/aromatic N) is 1. The Balaban J connectivity index is 1.39. The van der Waals surface area contributed by atoms with Crippen molar-refractivity contribution in [2.75, 3.05) is 4.90 Å². The van der Waals surface area contributed by atoms with Gasteiger partial charge in [0.2, 0.25) is 0 Å². The van der Waals surface area contributed by atoms with Crippen LogP contribution in [0.3, 0.4) is 0 Å². The van der Waals surface area contributed by atoms with Gasteiger partial charge in [-0.2, -0.15) is 0 Å². The van der Waals surface area contributed by atoms with Gasteiger partial charge in [-0.1, -0.05) is 114 Å². The maximum Gasteiger partial charge on any atom is 0.0467 e. The summed E-state index contributed by atoms with van der Waals surface area (Å²) in [5.74, 6) is 0.706. The standard InChI is InChI=1S/C36H32BrN/c37-33-20-14-31(15-21-33)32-12-7-13-36(26-32)38(34-22-16-29(17-23-34)27-8-3-1-4-9-27)35-24-18-30(19-25-35)28-10-5-2-6-11-28/h1,3-4,7-9,12-26,28H,2,5-6,10-11H2. The van der Waals surface area contributed by atoms with Crippen LogP contribution >= 0.6 is 15.9 Å². The zero-order valence-electron chi connectivity index (χ0n) is 21.6. The Labute approximate surface area is 234 Å². The smallest absolute Gasteiger partial charge is 0.0467 e. The SMILES string of the molecule is Brc1ccc(-c2cccc(N(c3ccc(-c4ccccc4)cc3)c3ccc(C4CCCCC4)cc3)c2)cc1. The summed E-state index contributed by atoms with van der Waals surface area (Å²) in [7, 11) is 0. The van der Waals surface area contributed by atoms with Crippen LogP contribution in [-0.2, 0) is 0 Å². The Hall–Kier alpha value is -3.62. The molecule has 0 unspecified atom stereocenters. The van der Waals surface area contributed by atoms with E-state index in [1.807, 2.05) is 0 Å². The minimum absolute atomic E-state index is 0.706. The Bertz CT molecular complexity index is 1470. The third-order valence-corrected chi connectivity index (χ3v) is 8.27. The van der Waals surface area contributed by atoms with Crippen molar-refractivity contribution in [3.63, 3.8) is 0 Å². The zero-order valence-corrected chi connectivity index (χ0v) is 23.1. The van der Waals surface area contributed by atoms with Gasteiger partial charge < -0.3 is 4.90 Å². The van der Waals surface area contributed by atoms with Gasteiger partial charge in [-0.25, -0.2) is 0 Å². The van der Waals surface area contributed by atoms with Crippen molar-refractivity contribution in [2.45, 2.75) is 38.0 Å². The van der Waals surface area contributed by atoms with Crippen molar-refractivity contribution in [1.82, 2.24) is 0 Å². The predicted molar refractivity (Wildman–Crippen MR) is 166 cm³/mol. The van der Waals surface area contributed by atoms with E-state index >= 15 is 0 Å². The van der Waals surface area contributed by atoms with Crippen LogP contribution in [0, 0.1) is 0 Å². The second kappa shape index (κ2) is 11.4. The molecule has 1 aliphatic carbocycles. The Kier molecular flexibility index (Phi) is 7.42. The number of rotatable bonds is 6. The van der Waals surface area contributed by atoms with E-state index in [9.17, 15) is 0 Å². The molecule has 0 aliphatic heterocycles. The summed E-state index contributed by atoms with van der Waals surface area (Å²) in [6.45, 7) is 0. The first-order chi connectivity index (χ1) is 18.7. The molecule has 1 nitrogen and oxygen atoms in total. The van der Waals surface area contributed by atoms with Crippen LogP contribution in [-0.4, -0.2) is 0 Å². The molecule has 6 rings (SSSR count). The van der Waals surface area contributed by atoms with E-state index < -0.39 is 0 Å². The molecule has 0 heterocycles. The molecule has 0 radical (unpaired) electrons. The molecule has 5 aromatic carbocycles. The van der Waals surface area contributed by atoms with Crippen LogP contribution < -0.4 is 4.90 Å². The summed E-state index contributed by atoms with van der Waals surface area (Å²) >= 11 is 3.57. The monoisotopic (exact) mass is 557 g/mol. The van der Waals surface area contributed by atoms with Gasteiger partial charge in [-0.3, -0.25) is 0 Å². The normalized spacial score (nSPS) is 13.8. The highest BCUT2D eigenvalue weighted by Gasteiger charge is 2.18. The lowest BCUT2D eigenvalue weighted by Crippen LogP contribution is -2.10. The molecule has 38 heavy (non-hydrogen) atoms. The first kappa shape index (κ1) is 24.7. The van der Waals surface area contributed by atoms with E-state index in [4.69, 9.17) is 0 Å². The molecular formula is C36H32BrN. The number of hydrogen-bond acceptors (Lipinski definition) is 1. The lowest BCUT2D eigenvalue weighted by Gasteiger charge is -2.27. The van der Waals surface area contributed by atoms with Crippen molar-refractivity contribution in [3.8, 4) is 22.3 Å². The number of benzene rings is 5. The van der Waals surface area contributed by atoms with E-state index in [0.717, 1.165) is 15.8 Å². The predicted octanol–water partition coefficient (Wildman–Crippen LogP) is 11.3. The molecule has 0 N–H and O–H groups in total. The lowest BCUT2D eigenvalue weighted by atomic mass is 9.84. The van der Waals surface area contributed by atoms with Gasteiger partial charge in [0, 0.05) is 21.5 Å². The Morgan fingerprint density at radius 1 is 0.474 bits per heavy atom. The second-order valence-electron chi connectivity index (χ2n) is 10.2. The summed E-state index contributed by atoms with van der Waals surface area (Å²) in [6.07, 6.45) is 6.73. The summed E-state index contributed by atoms with van der Waals surface area (Å²) < 4.78 is 1.09. The summed E-state index contributed by atoms with van der Waals surface area (Å²) in [5, 5.41) is 0. The average Bonchev–Trinajstić information content (AvgIpc) is 2.99. The highest BCUT2D eigenvalue weighted by atomic mass is 79.9. The molecule has 0 spiro atoms. The minimum atomic E-state index is 0.706. The van der Waals surface area contributed by atoms with E-state index in [1.165, 1.54) is 65.6 Å². The van der Waals surface area contributed by atoms with Gasteiger partial charge in [0.1, 0.15) is 0 Å². The number of hydrogen-bond donors (Lipinski definition) is 0. The van der Waals surface area contributed by atoms with Crippen LogP contribution in [0.2, 0.25) is 0 Å². The molecule has 0 atom stereocenters. The van der Waals surface area contributed by atoms with Crippen LogP contribution in [0.1, 0.15) is 43.6 Å². The van der Waals surface area contributed by atoms with Gasteiger partial charge in [0.25, 0.3) is 0 Å². The Morgan fingerprint density at radius 3 is 1.71 bits per heavy atom. The lowest BCUT2D eigenvalue weighted by molar-refractivity contribution is 0.443. The van der Waals surface area contributed by atoms with Crippen LogP contribution in [0.5, 0.6) is 0 Å². The molecule has 0 amide bonds. The largest absolute Gasteiger partial charge is 0.310 e. The fourth-order valence-electron chi connectivity index (χ4n) is 5.68. The van der Waals surface area contributed by atoms with Gasteiger partial charge in [-0.15, -0.1) is 0 Å². The quantitative estimate of drug-likeness (QED) is 0.200. The summed E-state index contributed by atoms with van der Waals surface area (Å²) in [5.41, 5.74) is 9.86. The van der Waals surface area contributed by atoms with Crippen LogP contribution in [0.4, 0.5) is 17.1 Å². The van der Waals surface area contributed by atoms with Gasteiger partial charge in [0.05, 0.1) is 0 Å². The molecule has 0 saturated heterocycles. The summed E-state index contributed by atoms with van der Waals surface area (Å²) in [6, 6.07) is 46.2. The summed E-state index contributed by atoms with van der Waals surface area (Å²) in [4.78, 5) is 2.38. The molecule has 188 valence electrons. The maximum atomic E-state index is 3.57. The molecule has 0 bridgehead atoms. The van der Waals surface area contributed by atoms with E-state index in [1.54, 1.807) is 0 Å². The zero-order chi connectivity index (χ0) is 25.7. The number of halogens is 1. The highest BCUT2D eigenvalue weighted by molar-refractivity contribution is 9.10. The fraction of sp³-hybridized carbons (Fsp3) is 0.167. The van der Waals surface area contributed by atoms with E-state index in [2.05, 4.69) is 148 Å². The molecule has 1 fully saturated rings.